The van der Waals surface area contributed by atoms with E-state index < -0.39 is 0 Å². The number of anilines is 3. The first-order valence-corrected chi connectivity index (χ1v) is 13.6. The van der Waals surface area contributed by atoms with E-state index in [-0.39, 0.29) is 18.4 Å². The maximum atomic E-state index is 12.4. The van der Waals surface area contributed by atoms with E-state index in [0.717, 1.165) is 25.1 Å². The zero-order valence-electron chi connectivity index (χ0n) is 24.0. The summed E-state index contributed by atoms with van der Waals surface area (Å²) in [5.74, 6) is 7.01. The molecule has 212 valence electrons. The van der Waals surface area contributed by atoms with E-state index in [9.17, 15) is 9.59 Å². The van der Waals surface area contributed by atoms with Gasteiger partial charge in [-0.1, -0.05) is 31.8 Å². The van der Waals surface area contributed by atoms with Crippen molar-refractivity contribution in [1.29, 1.82) is 5.26 Å². The van der Waals surface area contributed by atoms with E-state index in [1.807, 2.05) is 25.9 Å². The molecule has 0 aliphatic heterocycles. The summed E-state index contributed by atoms with van der Waals surface area (Å²) in [6.45, 7) is 6.51. The standard InChI is InChI=1S/C30H40N8O2/c1-5-17-33-29-25(22-34-30(36-29)35-26-15-13-24(21-31)14-16-26)11-8-7-9-18-32-27(39)23-38(19-6-2)28(40)12-10-20-37(3)4/h10,12-16,22H,5-7,9,17-20,23H2,1-4H3,(H,32,39)(H2,33,34,35,36)/b12-10+. The zero-order valence-corrected chi connectivity index (χ0v) is 24.0. The van der Waals surface area contributed by atoms with Gasteiger partial charge in [0.2, 0.25) is 17.8 Å². The van der Waals surface area contributed by atoms with Gasteiger partial charge in [0, 0.05) is 44.4 Å². The Hall–Kier alpha value is -4.41. The van der Waals surface area contributed by atoms with Crippen molar-refractivity contribution >= 4 is 29.3 Å². The molecule has 0 unspecified atom stereocenters. The highest BCUT2D eigenvalue weighted by atomic mass is 16.2. The Balaban J connectivity index is 1.88. The van der Waals surface area contributed by atoms with Crippen molar-refractivity contribution in [2.75, 3.05) is 57.5 Å². The number of aromatic nitrogens is 2. The maximum absolute atomic E-state index is 12.4. The number of likely N-dealkylation sites (N-methyl/N-ethyl adjacent to an activating group) is 1. The molecule has 0 atom stereocenters. The first-order valence-electron chi connectivity index (χ1n) is 13.6. The quantitative estimate of drug-likeness (QED) is 0.177. The average molecular weight is 545 g/mol. The first kappa shape index (κ1) is 31.8. The van der Waals surface area contributed by atoms with Crippen molar-refractivity contribution in [3.63, 3.8) is 0 Å². The number of nitrogens with one attached hydrogen (secondary N) is 3. The van der Waals surface area contributed by atoms with Crippen LogP contribution in [0.4, 0.5) is 17.5 Å². The van der Waals surface area contributed by atoms with Crippen LogP contribution in [-0.2, 0) is 9.59 Å². The summed E-state index contributed by atoms with van der Waals surface area (Å²) in [4.78, 5) is 37.3. The third-order valence-corrected chi connectivity index (χ3v) is 5.50. The van der Waals surface area contributed by atoms with Crippen molar-refractivity contribution in [1.82, 2.24) is 25.1 Å². The summed E-state index contributed by atoms with van der Waals surface area (Å²) in [7, 11) is 3.86. The Morgan fingerprint density at radius 2 is 1.88 bits per heavy atom. The number of carbonyl (C=O) groups is 2. The highest BCUT2D eigenvalue weighted by Gasteiger charge is 2.14. The highest BCUT2D eigenvalue weighted by molar-refractivity contribution is 5.91. The van der Waals surface area contributed by atoms with Gasteiger partial charge in [-0.15, -0.1) is 0 Å². The van der Waals surface area contributed by atoms with Crippen molar-refractivity contribution in [2.24, 2.45) is 0 Å². The molecule has 1 heterocycles. The molecule has 0 bridgehead atoms. The minimum atomic E-state index is -0.180. The van der Waals surface area contributed by atoms with Crippen LogP contribution in [-0.4, -0.2) is 78.4 Å². The van der Waals surface area contributed by atoms with Crippen molar-refractivity contribution < 1.29 is 9.59 Å². The molecule has 0 fully saturated rings. The number of hydrogen-bond acceptors (Lipinski definition) is 8. The van der Waals surface area contributed by atoms with Gasteiger partial charge < -0.3 is 25.8 Å². The molecule has 3 N–H and O–H groups in total. The number of amides is 2. The van der Waals surface area contributed by atoms with E-state index >= 15 is 0 Å². The van der Waals surface area contributed by atoms with Gasteiger partial charge in [0.15, 0.2) is 0 Å². The monoisotopic (exact) mass is 544 g/mol. The Kier molecular flexibility index (Phi) is 14.3. The number of hydrogen-bond donors (Lipinski definition) is 3. The lowest BCUT2D eigenvalue weighted by molar-refractivity contribution is -0.132. The molecule has 0 aliphatic rings. The average Bonchev–Trinajstić information content (AvgIpc) is 2.94. The molecule has 0 saturated heterocycles. The van der Waals surface area contributed by atoms with Crippen LogP contribution in [0.15, 0.2) is 42.6 Å². The second-order valence-corrected chi connectivity index (χ2v) is 9.38. The van der Waals surface area contributed by atoms with Gasteiger partial charge in [0.25, 0.3) is 0 Å². The van der Waals surface area contributed by atoms with Crippen LogP contribution in [0.3, 0.4) is 0 Å². The molecule has 2 amide bonds. The van der Waals surface area contributed by atoms with Crippen LogP contribution in [0.1, 0.15) is 50.7 Å². The van der Waals surface area contributed by atoms with Crippen molar-refractivity contribution in [3.8, 4) is 17.9 Å². The molecule has 2 rings (SSSR count). The number of nitrogens with zero attached hydrogens (tertiary/aromatic N) is 5. The Morgan fingerprint density at radius 1 is 1.10 bits per heavy atom. The Morgan fingerprint density at radius 3 is 2.55 bits per heavy atom. The number of nitriles is 1. The Bertz CT molecular complexity index is 1220. The summed E-state index contributed by atoms with van der Waals surface area (Å²) in [6.07, 6.45) is 7.99. The lowest BCUT2D eigenvalue weighted by atomic mass is 10.2. The van der Waals surface area contributed by atoms with E-state index in [1.54, 1.807) is 41.4 Å². The zero-order chi connectivity index (χ0) is 29.2. The van der Waals surface area contributed by atoms with E-state index in [0.29, 0.717) is 55.4 Å². The normalized spacial score (nSPS) is 10.5. The maximum Gasteiger partial charge on any atom is 0.246 e. The van der Waals surface area contributed by atoms with Crippen LogP contribution in [0.2, 0.25) is 0 Å². The summed E-state index contributed by atoms with van der Waals surface area (Å²) in [6, 6.07) is 9.16. The van der Waals surface area contributed by atoms with Crippen molar-refractivity contribution in [2.45, 2.75) is 39.5 Å². The minimum absolute atomic E-state index is 0.0390. The predicted molar refractivity (Wildman–Crippen MR) is 159 cm³/mol. The third-order valence-electron chi connectivity index (χ3n) is 5.50. The molecule has 1 aromatic heterocycles. The van der Waals surface area contributed by atoms with Crippen LogP contribution < -0.4 is 16.0 Å². The van der Waals surface area contributed by atoms with Gasteiger partial charge >= 0.3 is 0 Å². The minimum Gasteiger partial charge on any atom is -0.369 e. The molecule has 0 saturated carbocycles. The Labute approximate surface area is 237 Å². The van der Waals surface area contributed by atoms with E-state index in [1.165, 1.54) is 6.08 Å². The molecule has 10 nitrogen and oxygen atoms in total. The summed E-state index contributed by atoms with van der Waals surface area (Å²) in [5.41, 5.74) is 2.06. The van der Waals surface area contributed by atoms with Gasteiger partial charge in [-0.05, 0) is 57.6 Å². The molecule has 0 radical (unpaired) electrons. The van der Waals surface area contributed by atoms with Gasteiger partial charge in [0.05, 0.1) is 29.9 Å². The smallest absolute Gasteiger partial charge is 0.246 e. The molecule has 0 spiro atoms. The fourth-order valence-electron chi connectivity index (χ4n) is 3.47. The lowest BCUT2D eigenvalue weighted by Crippen LogP contribution is -2.40. The predicted octanol–water partition coefficient (Wildman–Crippen LogP) is 3.52. The topological polar surface area (TPSA) is 126 Å². The summed E-state index contributed by atoms with van der Waals surface area (Å²) >= 11 is 0. The van der Waals surface area contributed by atoms with Crippen LogP contribution in [0, 0.1) is 23.2 Å². The number of rotatable bonds is 15. The number of unbranched alkanes of at least 4 members (excludes halogenated alkanes) is 1. The summed E-state index contributed by atoms with van der Waals surface area (Å²) < 4.78 is 0. The van der Waals surface area contributed by atoms with Gasteiger partial charge in [-0.3, -0.25) is 9.59 Å². The highest BCUT2D eigenvalue weighted by Crippen LogP contribution is 2.18. The molecule has 10 heteroatoms. The van der Waals surface area contributed by atoms with Gasteiger partial charge in [0.1, 0.15) is 5.82 Å². The molecular weight excluding hydrogens is 504 g/mol. The van der Waals surface area contributed by atoms with E-state index in [2.05, 4.69) is 50.8 Å². The molecule has 0 aliphatic carbocycles. The number of carbonyl (C=O) groups excluding carboxylic acids is 2. The van der Waals surface area contributed by atoms with Crippen LogP contribution in [0.25, 0.3) is 0 Å². The fourth-order valence-corrected chi connectivity index (χ4v) is 3.47. The van der Waals surface area contributed by atoms with Gasteiger partial charge in [-0.25, -0.2) is 4.98 Å². The fraction of sp³-hybridized carbons (Fsp3) is 0.433. The van der Waals surface area contributed by atoms with Crippen LogP contribution in [0.5, 0.6) is 0 Å². The first-order chi connectivity index (χ1) is 19.4. The molecule has 40 heavy (non-hydrogen) atoms. The SMILES string of the molecule is CCCNc1nc(Nc2ccc(C#N)cc2)ncc1C#CCCCNC(=O)CN(CCC)C(=O)/C=C/CN(C)C. The van der Waals surface area contributed by atoms with Crippen molar-refractivity contribution in [3.05, 3.63) is 53.7 Å². The molecule has 2 aromatic rings. The third kappa shape index (κ3) is 12.0. The van der Waals surface area contributed by atoms with E-state index in [4.69, 9.17) is 5.26 Å². The van der Waals surface area contributed by atoms with Crippen LogP contribution >= 0.6 is 0 Å². The summed E-state index contributed by atoms with van der Waals surface area (Å²) in [5, 5.41) is 18.3. The molecular formula is C30H40N8O2. The lowest BCUT2D eigenvalue weighted by Gasteiger charge is -2.20. The second kappa shape index (κ2) is 18.0. The molecule has 1 aromatic carbocycles. The number of benzene rings is 1. The largest absolute Gasteiger partial charge is 0.369 e. The van der Waals surface area contributed by atoms with Gasteiger partial charge in [-0.2, -0.15) is 10.2 Å². The second-order valence-electron chi connectivity index (χ2n) is 9.38.